The Labute approximate surface area is 78.9 Å². The molecule has 2 nitrogen and oxygen atoms in total. The second-order valence-corrected chi connectivity index (χ2v) is 2.81. The highest BCUT2D eigenvalue weighted by atomic mass is 15.1. The van der Waals surface area contributed by atoms with Crippen LogP contribution in [-0.4, -0.2) is 9.55 Å². The molecule has 0 aliphatic heterocycles. The minimum atomic E-state index is 0.888. The van der Waals surface area contributed by atoms with E-state index in [9.17, 15) is 0 Å². The fraction of sp³-hybridized carbons (Fsp3) is 0.182. The third-order valence-electron chi connectivity index (χ3n) is 2.01. The second kappa shape index (κ2) is 3.90. The Balaban J connectivity index is 3.17. The number of rotatable bonds is 3. The molecule has 0 fully saturated rings. The molecule has 1 heterocycles. The van der Waals surface area contributed by atoms with Gasteiger partial charge in [-0.1, -0.05) is 25.3 Å². The molecule has 0 aliphatic rings. The fourth-order valence-electron chi connectivity index (χ4n) is 1.06. The van der Waals surface area contributed by atoms with Crippen molar-refractivity contribution >= 4 is 11.3 Å². The van der Waals surface area contributed by atoms with E-state index in [1.165, 1.54) is 0 Å². The third kappa shape index (κ3) is 1.78. The van der Waals surface area contributed by atoms with Crippen molar-refractivity contribution in [2.45, 2.75) is 13.8 Å². The van der Waals surface area contributed by atoms with E-state index in [1.54, 1.807) is 18.6 Å². The summed E-state index contributed by atoms with van der Waals surface area (Å²) in [6.45, 7) is 11.6. The lowest BCUT2D eigenvalue weighted by molar-refractivity contribution is 1.05. The number of imidazole rings is 1. The Morgan fingerprint density at radius 1 is 1.62 bits per heavy atom. The van der Waals surface area contributed by atoms with Crippen LogP contribution < -0.4 is 0 Å². The molecule has 0 unspecified atom stereocenters. The molecule has 0 spiro atoms. The number of aromatic nitrogens is 2. The third-order valence-corrected chi connectivity index (χ3v) is 2.01. The molecule has 0 N–H and O–H groups in total. The van der Waals surface area contributed by atoms with Gasteiger partial charge < -0.3 is 4.57 Å². The molecule has 68 valence electrons. The maximum Gasteiger partial charge on any atom is 0.0994 e. The van der Waals surface area contributed by atoms with Gasteiger partial charge in [0.2, 0.25) is 0 Å². The van der Waals surface area contributed by atoms with Gasteiger partial charge in [-0.25, -0.2) is 4.98 Å². The standard InChI is InChI=1S/C11H14N2/c1-5-9(3)11-7-12-8-13(11)10(4)6-2/h5-8H,1,3H2,2,4H3. The molecule has 13 heavy (non-hydrogen) atoms. The van der Waals surface area contributed by atoms with Crippen LogP contribution in [0.25, 0.3) is 11.3 Å². The maximum absolute atomic E-state index is 4.07. The highest BCUT2D eigenvalue weighted by molar-refractivity contribution is 5.71. The summed E-state index contributed by atoms with van der Waals surface area (Å²) in [7, 11) is 0. The molecule has 0 atom stereocenters. The minimum Gasteiger partial charge on any atom is -0.303 e. The first kappa shape index (κ1) is 9.52. The SMILES string of the molecule is C=CC(=C)c1cncn1C(C)=CC. The zero-order valence-electron chi connectivity index (χ0n) is 8.12. The van der Waals surface area contributed by atoms with Crippen molar-refractivity contribution in [1.29, 1.82) is 0 Å². The molecule has 0 amide bonds. The maximum atomic E-state index is 4.07. The molecule has 0 bridgehead atoms. The summed E-state index contributed by atoms with van der Waals surface area (Å²) in [5, 5.41) is 0. The van der Waals surface area contributed by atoms with Crippen LogP contribution in [0.15, 0.2) is 37.8 Å². The van der Waals surface area contributed by atoms with E-state index in [1.807, 2.05) is 24.5 Å². The Hall–Kier alpha value is -1.57. The lowest BCUT2D eigenvalue weighted by Crippen LogP contribution is -1.95. The van der Waals surface area contributed by atoms with E-state index in [2.05, 4.69) is 18.1 Å². The van der Waals surface area contributed by atoms with Crippen molar-refractivity contribution in [2.24, 2.45) is 0 Å². The molecule has 1 rings (SSSR count). The molecule has 1 aromatic heterocycles. The van der Waals surface area contributed by atoms with Gasteiger partial charge in [0.15, 0.2) is 0 Å². The van der Waals surface area contributed by atoms with Gasteiger partial charge in [-0.3, -0.25) is 0 Å². The molecule has 0 saturated carbocycles. The van der Waals surface area contributed by atoms with Gasteiger partial charge in [0.25, 0.3) is 0 Å². The Morgan fingerprint density at radius 3 is 2.85 bits per heavy atom. The first-order chi connectivity index (χ1) is 6.20. The number of nitrogens with zero attached hydrogens (tertiary/aromatic N) is 2. The zero-order chi connectivity index (χ0) is 9.84. The van der Waals surface area contributed by atoms with E-state index in [4.69, 9.17) is 0 Å². The largest absolute Gasteiger partial charge is 0.303 e. The highest BCUT2D eigenvalue weighted by Crippen LogP contribution is 2.16. The predicted octanol–water partition coefficient (Wildman–Crippen LogP) is 2.96. The first-order valence-corrected chi connectivity index (χ1v) is 4.18. The van der Waals surface area contributed by atoms with Crippen molar-refractivity contribution in [1.82, 2.24) is 9.55 Å². The van der Waals surface area contributed by atoms with Gasteiger partial charge in [0.05, 0.1) is 18.2 Å². The average molecular weight is 174 g/mol. The molecule has 0 saturated heterocycles. The van der Waals surface area contributed by atoms with Crippen molar-refractivity contribution in [3.8, 4) is 0 Å². The van der Waals surface area contributed by atoms with E-state index < -0.39 is 0 Å². The topological polar surface area (TPSA) is 17.8 Å². The summed E-state index contributed by atoms with van der Waals surface area (Å²) in [5.74, 6) is 0. The molecular formula is C11H14N2. The quantitative estimate of drug-likeness (QED) is 0.644. The average Bonchev–Trinajstić information content (AvgIpc) is 2.63. The van der Waals surface area contributed by atoms with Crippen LogP contribution in [0.3, 0.4) is 0 Å². The van der Waals surface area contributed by atoms with E-state index in [0.29, 0.717) is 0 Å². The Bertz CT molecular complexity index is 339. The van der Waals surface area contributed by atoms with Crippen LogP contribution >= 0.6 is 0 Å². The normalized spacial score (nSPS) is 11.4. The monoisotopic (exact) mass is 174 g/mol. The predicted molar refractivity (Wildman–Crippen MR) is 57.1 cm³/mol. The summed E-state index contributed by atoms with van der Waals surface area (Å²) in [6, 6.07) is 0. The van der Waals surface area contributed by atoms with E-state index in [0.717, 1.165) is 17.0 Å². The lowest BCUT2D eigenvalue weighted by Gasteiger charge is -2.06. The van der Waals surface area contributed by atoms with Gasteiger partial charge >= 0.3 is 0 Å². The summed E-state index contributed by atoms with van der Waals surface area (Å²) in [4.78, 5) is 4.07. The van der Waals surface area contributed by atoms with Gasteiger partial charge in [-0.05, 0) is 19.4 Å². The van der Waals surface area contributed by atoms with Gasteiger partial charge in [-0.2, -0.15) is 0 Å². The zero-order valence-corrected chi connectivity index (χ0v) is 8.12. The van der Waals surface area contributed by atoms with Crippen molar-refractivity contribution in [2.75, 3.05) is 0 Å². The van der Waals surface area contributed by atoms with Crippen LogP contribution in [0.5, 0.6) is 0 Å². The number of allylic oxidation sites excluding steroid dienone is 4. The Morgan fingerprint density at radius 2 is 2.31 bits per heavy atom. The first-order valence-electron chi connectivity index (χ1n) is 4.18. The number of hydrogen-bond acceptors (Lipinski definition) is 1. The smallest absolute Gasteiger partial charge is 0.0994 e. The van der Waals surface area contributed by atoms with Crippen LogP contribution in [0.2, 0.25) is 0 Å². The van der Waals surface area contributed by atoms with Crippen molar-refractivity contribution < 1.29 is 0 Å². The highest BCUT2D eigenvalue weighted by Gasteiger charge is 2.03. The van der Waals surface area contributed by atoms with Gasteiger partial charge in [0.1, 0.15) is 0 Å². The number of hydrogen-bond donors (Lipinski definition) is 0. The molecule has 0 radical (unpaired) electrons. The summed E-state index contributed by atoms with van der Waals surface area (Å²) < 4.78 is 1.99. The summed E-state index contributed by atoms with van der Waals surface area (Å²) in [5.41, 5.74) is 3.01. The van der Waals surface area contributed by atoms with Crippen LogP contribution in [0, 0.1) is 0 Å². The molecule has 0 aliphatic carbocycles. The van der Waals surface area contributed by atoms with Gasteiger partial charge in [-0.15, -0.1) is 0 Å². The van der Waals surface area contributed by atoms with Crippen molar-refractivity contribution in [3.05, 3.63) is 43.5 Å². The van der Waals surface area contributed by atoms with E-state index >= 15 is 0 Å². The summed E-state index contributed by atoms with van der Waals surface area (Å²) in [6.07, 6.45) is 7.33. The second-order valence-electron chi connectivity index (χ2n) is 2.81. The lowest BCUT2D eigenvalue weighted by atomic mass is 10.2. The van der Waals surface area contributed by atoms with Crippen LogP contribution in [0.1, 0.15) is 19.5 Å². The Kier molecular flexibility index (Phi) is 2.85. The minimum absolute atomic E-state index is 0.888. The molecule has 1 aromatic rings. The molecule has 2 heteroatoms. The van der Waals surface area contributed by atoms with Crippen molar-refractivity contribution in [3.63, 3.8) is 0 Å². The van der Waals surface area contributed by atoms with Crippen LogP contribution in [0.4, 0.5) is 0 Å². The fourth-order valence-corrected chi connectivity index (χ4v) is 1.06. The molecule has 0 aromatic carbocycles. The van der Waals surface area contributed by atoms with Gasteiger partial charge in [0, 0.05) is 5.70 Å². The summed E-state index contributed by atoms with van der Waals surface area (Å²) >= 11 is 0. The van der Waals surface area contributed by atoms with Crippen LogP contribution in [-0.2, 0) is 0 Å². The molecular weight excluding hydrogens is 160 g/mol. The van der Waals surface area contributed by atoms with E-state index in [-0.39, 0.29) is 0 Å².